The van der Waals surface area contributed by atoms with Gasteiger partial charge in [-0.15, -0.1) is 0 Å². The summed E-state index contributed by atoms with van der Waals surface area (Å²) in [4.78, 5) is 41.9. The van der Waals surface area contributed by atoms with Crippen molar-refractivity contribution in [3.8, 4) is 6.07 Å². The first-order chi connectivity index (χ1) is 16.4. The molecule has 1 atom stereocenters. The van der Waals surface area contributed by atoms with Crippen LogP contribution in [0.15, 0.2) is 84.9 Å². The van der Waals surface area contributed by atoms with E-state index in [1.54, 1.807) is 31.2 Å². The zero-order chi connectivity index (χ0) is 24.1. The molecule has 0 aromatic heterocycles. The second-order valence-electron chi connectivity index (χ2n) is 8.15. The van der Waals surface area contributed by atoms with Crippen molar-refractivity contribution in [1.29, 1.82) is 5.26 Å². The third-order valence-corrected chi connectivity index (χ3v) is 5.95. The van der Waals surface area contributed by atoms with Gasteiger partial charge in [-0.1, -0.05) is 72.8 Å². The topological polar surface area (TPSA) is 90.7 Å². The van der Waals surface area contributed by atoms with Crippen molar-refractivity contribution in [2.75, 3.05) is 6.54 Å². The van der Waals surface area contributed by atoms with Crippen LogP contribution >= 0.6 is 0 Å². The maximum absolute atomic E-state index is 13.6. The standard InChI is InChI=1S/C27H23N3O4/c1-27(23-14-12-20(16-28)13-15-23)25(32)29(18-24(31)34-19-22-10-6-3-7-11-22)26(33)30(27)17-21-8-4-2-5-9-21/h2-15H,17-19H2,1H3/t27-/m0/s1. The number of ether oxygens (including phenoxy) is 1. The van der Waals surface area contributed by atoms with Gasteiger partial charge in [-0.05, 0) is 35.7 Å². The summed E-state index contributed by atoms with van der Waals surface area (Å²) in [7, 11) is 0. The van der Waals surface area contributed by atoms with Gasteiger partial charge in [-0.2, -0.15) is 5.26 Å². The van der Waals surface area contributed by atoms with E-state index >= 15 is 0 Å². The summed E-state index contributed by atoms with van der Waals surface area (Å²) in [5.41, 5.74) is 1.31. The Morgan fingerprint density at radius 2 is 1.50 bits per heavy atom. The van der Waals surface area contributed by atoms with Crippen molar-refractivity contribution < 1.29 is 19.1 Å². The SMILES string of the molecule is C[C@]1(c2ccc(C#N)cc2)C(=O)N(CC(=O)OCc2ccccc2)C(=O)N1Cc1ccccc1. The molecule has 4 rings (SSSR count). The van der Waals surface area contributed by atoms with Gasteiger partial charge < -0.3 is 9.64 Å². The van der Waals surface area contributed by atoms with E-state index in [4.69, 9.17) is 10.00 Å². The average Bonchev–Trinajstić information content (AvgIpc) is 3.05. The Morgan fingerprint density at radius 1 is 0.912 bits per heavy atom. The average molecular weight is 453 g/mol. The predicted molar refractivity (Wildman–Crippen MR) is 124 cm³/mol. The summed E-state index contributed by atoms with van der Waals surface area (Å²) in [6.45, 7) is 1.41. The monoisotopic (exact) mass is 453 g/mol. The lowest BCUT2D eigenvalue weighted by molar-refractivity contribution is -0.149. The molecule has 0 saturated carbocycles. The Bertz CT molecular complexity index is 1240. The van der Waals surface area contributed by atoms with E-state index in [2.05, 4.69) is 6.07 Å². The van der Waals surface area contributed by atoms with Crippen LogP contribution in [0.4, 0.5) is 4.79 Å². The van der Waals surface area contributed by atoms with Gasteiger partial charge in [0.1, 0.15) is 18.7 Å². The van der Waals surface area contributed by atoms with Crippen molar-refractivity contribution in [2.45, 2.75) is 25.6 Å². The third-order valence-electron chi connectivity index (χ3n) is 5.95. The second kappa shape index (κ2) is 9.59. The molecular formula is C27H23N3O4. The zero-order valence-corrected chi connectivity index (χ0v) is 18.7. The maximum atomic E-state index is 13.6. The molecule has 7 nitrogen and oxygen atoms in total. The fourth-order valence-electron chi connectivity index (χ4n) is 3.99. The maximum Gasteiger partial charge on any atom is 0.328 e. The highest BCUT2D eigenvalue weighted by molar-refractivity contribution is 6.08. The first kappa shape index (κ1) is 22.7. The molecule has 1 fully saturated rings. The Labute approximate surface area is 197 Å². The minimum atomic E-state index is -1.35. The van der Waals surface area contributed by atoms with Crippen LogP contribution in [0.2, 0.25) is 0 Å². The Morgan fingerprint density at radius 3 is 2.09 bits per heavy atom. The number of imide groups is 1. The van der Waals surface area contributed by atoms with Crippen LogP contribution in [0.3, 0.4) is 0 Å². The predicted octanol–water partition coefficient (Wildman–Crippen LogP) is 3.98. The van der Waals surface area contributed by atoms with Crippen LogP contribution in [0, 0.1) is 11.3 Å². The third kappa shape index (κ3) is 4.39. The van der Waals surface area contributed by atoms with Crippen molar-refractivity contribution in [3.05, 3.63) is 107 Å². The van der Waals surface area contributed by atoms with Crippen LogP contribution in [0.5, 0.6) is 0 Å². The van der Waals surface area contributed by atoms with Crippen LogP contribution in [0.25, 0.3) is 0 Å². The van der Waals surface area contributed by atoms with Crippen molar-refractivity contribution in [2.24, 2.45) is 0 Å². The lowest BCUT2D eigenvalue weighted by Gasteiger charge is -2.32. The van der Waals surface area contributed by atoms with Crippen molar-refractivity contribution in [1.82, 2.24) is 9.80 Å². The molecule has 0 bridgehead atoms. The van der Waals surface area contributed by atoms with Crippen molar-refractivity contribution in [3.63, 3.8) is 0 Å². The fraction of sp³-hybridized carbons (Fsp3) is 0.185. The molecule has 1 saturated heterocycles. The van der Waals surface area contributed by atoms with Gasteiger partial charge in [0.25, 0.3) is 5.91 Å². The number of hydrogen-bond acceptors (Lipinski definition) is 5. The van der Waals surface area contributed by atoms with Gasteiger partial charge >= 0.3 is 12.0 Å². The van der Waals surface area contributed by atoms with Gasteiger partial charge in [-0.3, -0.25) is 14.5 Å². The van der Waals surface area contributed by atoms with Gasteiger partial charge in [0.2, 0.25) is 0 Å². The molecule has 1 aliphatic rings. The zero-order valence-electron chi connectivity index (χ0n) is 18.7. The van der Waals surface area contributed by atoms with Gasteiger partial charge in [0.05, 0.1) is 11.6 Å². The Hall–Kier alpha value is -4.44. The molecule has 7 heteroatoms. The number of esters is 1. The van der Waals surface area contributed by atoms with E-state index < -0.39 is 30.0 Å². The van der Waals surface area contributed by atoms with Crippen molar-refractivity contribution >= 4 is 17.9 Å². The summed E-state index contributed by atoms with van der Waals surface area (Å²) < 4.78 is 5.30. The van der Waals surface area contributed by atoms with E-state index in [1.807, 2.05) is 60.7 Å². The first-order valence-electron chi connectivity index (χ1n) is 10.8. The number of amides is 3. The number of hydrogen-bond donors (Lipinski definition) is 0. The number of carbonyl (C=O) groups excluding carboxylic acids is 3. The molecule has 0 spiro atoms. The second-order valence-corrected chi connectivity index (χ2v) is 8.15. The Kier molecular flexibility index (Phi) is 6.42. The molecular weight excluding hydrogens is 430 g/mol. The summed E-state index contributed by atoms with van der Waals surface area (Å²) in [6, 6.07) is 26.5. The molecule has 0 unspecified atom stereocenters. The highest BCUT2D eigenvalue weighted by Gasteiger charge is 2.55. The van der Waals surface area contributed by atoms with Crippen LogP contribution in [-0.2, 0) is 33.0 Å². The number of urea groups is 1. The smallest absolute Gasteiger partial charge is 0.328 e. The summed E-state index contributed by atoms with van der Waals surface area (Å²) in [5, 5.41) is 9.13. The summed E-state index contributed by atoms with van der Waals surface area (Å²) in [6.07, 6.45) is 0. The lowest BCUT2D eigenvalue weighted by atomic mass is 9.89. The summed E-state index contributed by atoms with van der Waals surface area (Å²) >= 11 is 0. The minimum absolute atomic E-state index is 0.0521. The Balaban J connectivity index is 1.60. The van der Waals surface area contributed by atoms with E-state index in [1.165, 1.54) is 4.90 Å². The molecule has 34 heavy (non-hydrogen) atoms. The normalized spacial score (nSPS) is 17.5. The van der Waals surface area contributed by atoms with Gasteiger partial charge in [-0.25, -0.2) is 4.79 Å². The number of nitrogens with zero attached hydrogens (tertiary/aromatic N) is 3. The molecule has 1 heterocycles. The highest BCUT2D eigenvalue weighted by Crippen LogP contribution is 2.38. The van der Waals surface area contributed by atoms with E-state index in [9.17, 15) is 14.4 Å². The quantitative estimate of drug-likeness (QED) is 0.399. The number of rotatable bonds is 7. The molecule has 3 aromatic rings. The van der Waals surface area contributed by atoms with Gasteiger partial charge in [0.15, 0.2) is 0 Å². The lowest BCUT2D eigenvalue weighted by Crippen LogP contribution is -2.44. The number of nitriles is 1. The fourth-order valence-corrected chi connectivity index (χ4v) is 3.99. The molecule has 0 radical (unpaired) electrons. The van der Waals surface area contributed by atoms with E-state index in [0.717, 1.165) is 16.0 Å². The molecule has 0 N–H and O–H groups in total. The van der Waals surface area contributed by atoms with E-state index in [-0.39, 0.29) is 13.2 Å². The summed E-state index contributed by atoms with van der Waals surface area (Å²) in [5.74, 6) is -1.19. The molecule has 3 amide bonds. The van der Waals surface area contributed by atoms with E-state index in [0.29, 0.717) is 11.1 Å². The highest BCUT2D eigenvalue weighted by atomic mass is 16.5. The molecule has 1 aliphatic heterocycles. The van der Waals surface area contributed by atoms with Crippen LogP contribution in [0.1, 0.15) is 29.2 Å². The minimum Gasteiger partial charge on any atom is -0.459 e. The first-order valence-corrected chi connectivity index (χ1v) is 10.8. The largest absolute Gasteiger partial charge is 0.459 e. The molecule has 0 aliphatic carbocycles. The number of benzene rings is 3. The van der Waals surface area contributed by atoms with Crippen LogP contribution in [-0.4, -0.2) is 34.3 Å². The van der Waals surface area contributed by atoms with Gasteiger partial charge in [0, 0.05) is 6.54 Å². The molecule has 170 valence electrons. The number of carbonyl (C=O) groups is 3. The molecule has 3 aromatic carbocycles. The van der Waals surface area contributed by atoms with Crippen LogP contribution < -0.4 is 0 Å².